The monoisotopic (exact) mass is 234 g/mol. The van der Waals surface area contributed by atoms with Crippen LogP contribution in [0.15, 0.2) is 18.6 Å². The van der Waals surface area contributed by atoms with Gasteiger partial charge in [-0.05, 0) is 38.3 Å². The van der Waals surface area contributed by atoms with Crippen molar-refractivity contribution in [3.05, 3.63) is 18.6 Å². The van der Waals surface area contributed by atoms with Crippen LogP contribution in [0.2, 0.25) is 0 Å². The van der Waals surface area contributed by atoms with Crippen molar-refractivity contribution >= 4 is 11.7 Å². The topological polar surface area (TPSA) is 66.9 Å². The molecule has 1 saturated heterocycles. The van der Waals surface area contributed by atoms with Crippen molar-refractivity contribution in [3.63, 3.8) is 0 Å². The van der Waals surface area contributed by atoms with Crippen molar-refractivity contribution in [1.29, 1.82) is 0 Å². The van der Waals surface area contributed by atoms with E-state index in [2.05, 4.69) is 20.6 Å². The molecule has 0 aliphatic carbocycles. The van der Waals surface area contributed by atoms with Crippen molar-refractivity contribution in [3.8, 4) is 0 Å². The van der Waals surface area contributed by atoms with E-state index in [-0.39, 0.29) is 5.91 Å². The molecule has 0 bridgehead atoms. The summed E-state index contributed by atoms with van der Waals surface area (Å²) in [6.45, 7) is 2.16. The maximum atomic E-state index is 11.7. The third kappa shape index (κ3) is 4.11. The Hall–Kier alpha value is -1.49. The van der Waals surface area contributed by atoms with Gasteiger partial charge < -0.3 is 10.6 Å². The number of carbonyl (C=O) groups excluding carboxylic acids is 1. The van der Waals surface area contributed by atoms with Crippen LogP contribution in [-0.2, 0) is 4.79 Å². The molecule has 0 aromatic carbocycles. The summed E-state index contributed by atoms with van der Waals surface area (Å²) >= 11 is 0. The number of nitrogens with zero attached hydrogens (tertiary/aromatic N) is 2. The summed E-state index contributed by atoms with van der Waals surface area (Å²) in [5, 5.41) is 6.08. The van der Waals surface area contributed by atoms with Gasteiger partial charge in [0.05, 0.1) is 6.20 Å². The zero-order valence-electron chi connectivity index (χ0n) is 9.85. The van der Waals surface area contributed by atoms with E-state index in [4.69, 9.17) is 0 Å². The van der Waals surface area contributed by atoms with Gasteiger partial charge in [-0.1, -0.05) is 0 Å². The predicted octanol–water partition coefficient (Wildman–Crippen LogP) is 1.19. The molecule has 2 N–H and O–H groups in total. The molecule has 1 amide bonds. The summed E-state index contributed by atoms with van der Waals surface area (Å²) in [5.41, 5.74) is 0. The standard InChI is InChI=1S/C12H18N4O/c17-12(16-11-9-14-7-8-15-11)2-1-10-3-5-13-6-4-10/h7-10,13H,1-6H2,(H,15,16,17). The summed E-state index contributed by atoms with van der Waals surface area (Å²) in [6, 6.07) is 0. The molecule has 92 valence electrons. The van der Waals surface area contributed by atoms with E-state index < -0.39 is 0 Å². The van der Waals surface area contributed by atoms with Crippen molar-refractivity contribution in [2.75, 3.05) is 18.4 Å². The smallest absolute Gasteiger partial charge is 0.225 e. The molecule has 1 aliphatic heterocycles. The van der Waals surface area contributed by atoms with Crippen molar-refractivity contribution in [2.45, 2.75) is 25.7 Å². The summed E-state index contributed by atoms with van der Waals surface area (Å²) in [6.07, 6.45) is 8.61. The summed E-state index contributed by atoms with van der Waals surface area (Å²) in [7, 11) is 0. The van der Waals surface area contributed by atoms with Crippen LogP contribution in [0.1, 0.15) is 25.7 Å². The van der Waals surface area contributed by atoms with E-state index in [0.29, 0.717) is 18.2 Å². The second-order valence-electron chi connectivity index (χ2n) is 4.37. The molecule has 0 radical (unpaired) electrons. The second-order valence-corrected chi connectivity index (χ2v) is 4.37. The maximum Gasteiger partial charge on any atom is 0.225 e. The molecule has 5 heteroatoms. The van der Waals surface area contributed by atoms with Crippen molar-refractivity contribution in [2.24, 2.45) is 5.92 Å². The highest BCUT2D eigenvalue weighted by Crippen LogP contribution is 2.17. The van der Waals surface area contributed by atoms with Crippen LogP contribution in [0.25, 0.3) is 0 Å². The Balaban J connectivity index is 1.70. The minimum absolute atomic E-state index is 0.0315. The number of anilines is 1. The van der Waals surface area contributed by atoms with Gasteiger partial charge in [0.2, 0.25) is 5.91 Å². The van der Waals surface area contributed by atoms with Gasteiger partial charge in [0.1, 0.15) is 0 Å². The van der Waals surface area contributed by atoms with Gasteiger partial charge in [0.25, 0.3) is 0 Å². The van der Waals surface area contributed by atoms with Gasteiger partial charge in [0, 0.05) is 18.8 Å². The Morgan fingerprint density at radius 3 is 2.94 bits per heavy atom. The molecule has 17 heavy (non-hydrogen) atoms. The lowest BCUT2D eigenvalue weighted by molar-refractivity contribution is -0.116. The maximum absolute atomic E-state index is 11.7. The normalized spacial score (nSPS) is 16.7. The largest absolute Gasteiger partial charge is 0.317 e. The van der Waals surface area contributed by atoms with Crippen molar-refractivity contribution in [1.82, 2.24) is 15.3 Å². The number of rotatable bonds is 4. The number of hydrogen-bond acceptors (Lipinski definition) is 4. The van der Waals surface area contributed by atoms with E-state index >= 15 is 0 Å². The van der Waals surface area contributed by atoms with Crippen LogP contribution in [0, 0.1) is 5.92 Å². The lowest BCUT2D eigenvalue weighted by Gasteiger charge is -2.22. The van der Waals surface area contributed by atoms with Gasteiger partial charge in [0.15, 0.2) is 5.82 Å². The third-order valence-electron chi connectivity index (χ3n) is 3.07. The average molecular weight is 234 g/mol. The quantitative estimate of drug-likeness (QED) is 0.821. The number of carbonyl (C=O) groups is 1. The number of piperidine rings is 1. The van der Waals surface area contributed by atoms with Gasteiger partial charge in [-0.3, -0.25) is 9.78 Å². The highest BCUT2D eigenvalue weighted by Gasteiger charge is 2.14. The molecular weight excluding hydrogens is 216 g/mol. The number of aromatic nitrogens is 2. The van der Waals surface area contributed by atoms with Crippen molar-refractivity contribution < 1.29 is 4.79 Å². The minimum Gasteiger partial charge on any atom is -0.317 e. The van der Waals surface area contributed by atoms with E-state index in [1.807, 2.05) is 0 Å². The number of hydrogen-bond donors (Lipinski definition) is 2. The predicted molar refractivity (Wildman–Crippen MR) is 65.5 cm³/mol. The zero-order valence-corrected chi connectivity index (χ0v) is 9.85. The SMILES string of the molecule is O=C(CCC1CCNCC1)Nc1cnccn1. The zero-order chi connectivity index (χ0) is 11.9. The van der Waals surface area contributed by atoms with Crippen LogP contribution in [0.5, 0.6) is 0 Å². The van der Waals surface area contributed by atoms with Crippen LogP contribution in [0.3, 0.4) is 0 Å². The lowest BCUT2D eigenvalue weighted by Crippen LogP contribution is -2.28. The first-order chi connectivity index (χ1) is 8.34. The van der Waals surface area contributed by atoms with Gasteiger partial charge in [-0.25, -0.2) is 4.98 Å². The molecule has 1 fully saturated rings. The fourth-order valence-electron chi connectivity index (χ4n) is 2.07. The summed E-state index contributed by atoms with van der Waals surface area (Å²) in [5.74, 6) is 1.25. The molecule has 5 nitrogen and oxygen atoms in total. The first-order valence-electron chi connectivity index (χ1n) is 6.11. The Kier molecular flexibility index (Phi) is 4.44. The van der Waals surface area contributed by atoms with E-state index in [1.165, 1.54) is 12.8 Å². The molecule has 0 atom stereocenters. The highest BCUT2D eigenvalue weighted by molar-refractivity contribution is 5.89. The van der Waals surface area contributed by atoms with E-state index in [0.717, 1.165) is 19.5 Å². The van der Waals surface area contributed by atoms with Crippen LogP contribution >= 0.6 is 0 Å². The second kappa shape index (κ2) is 6.30. The minimum atomic E-state index is 0.0315. The Labute approximate surface area is 101 Å². The lowest BCUT2D eigenvalue weighted by atomic mass is 9.93. The summed E-state index contributed by atoms with van der Waals surface area (Å²) in [4.78, 5) is 19.6. The number of amides is 1. The first kappa shape index (κ1) is 12.0. The fraction of sp³-hybridized carbons (Fsp3) is 0.583. The highest BCUT2D eigenvalue weighted by atomic mass is 16.1. The number of nitrogens with one attached hydrogen (secondary N) is 2. The molecular formula is C12H18N4O. The average Bonchev–Trinajstić information content (AvgIpc) is 2.39. The van der Waals surface area contributed by atoms with E-state index in [9.17, 15) is 4.79 Å². The van der Waals surface area contributed by atoms with Crippen LogP contribution < -0.4 is 10.6 Å². The molecule has 1 aromatic heterocycles. The Bertz CT molecular complexity index is 349. The first-order valence-corrected chi connectivity index (χ1v) is 6.11. The molecule has 1 aromatic rings. The molecule has 2 rings (SSSR count). The molecule has 0 saturated carbocycles. The molecule has 1 aliphatic rings. The third-order valence-corrected chi connectivity index (χ3v) is 3.07. The fourth-order valence-corrected chi connectivity index (χ4v) is 2.07. The molecule has 0 unspecified atom stereocenters. The Morgan fingerprint density at radius 2 is 2.24 bits per heavy atom. The molecule has 0 spiro atoms. The summed E-state index contributed by atoms with van der Waals surface area (Å²) < 4.78 is 0. The van der Waals surface area contributed by atoms with Crippen LogP contribution in [0.4, 0.5) is 5.82 Å². The van der Waals surface area contributed by atoms with Gasteiger partial charge in [-0.15, -0.1) is 0 Å². The van der Waals surface area contributed by atoms with Gasteiger partial charge in [-0.2, -0.15) is 0 Å². The van der Waals surface area contributed by atoms with E-state index in [1.54, 1.807) is 18.6 Å². The molecule has 2 heterocycles. The van der Waals surface area contributed by atoms with Crippen LogP contribution in [-0.4, -0.2) is 29.0 Å². The van der Waals surface area contributed by atoms with Gasteiger partial charge >= 0.3 is 0 Å². The Morgan fingerprint density at radius 1 is 1.41 bits per heavy atom.